The summed E-state index contributed by atoms with van der Waals surface area (Å²) in [7, 11) is 0. The number of amides is 1. The lowest BCUT2D eigenvalue weighted by Crippen LogP contribution is -2.32. The molecule has 0 fully saturated rings. The van der Waals surface area contributed by atoms with E-state index in [9.17, 15) is 4.79 Å². The molecule has 18 heavy (non-hydrogen) atoms. The van der Waals surface area contributed by atoms with Crippen molar-refractivity contribution in [3.63, 3.8) is 0 Å². The van der Waals surface area contributed by atoms with E-state index in [1.807, 2.05) is 30.3 Å². The van der Waals surface area contributed by atoms with E-state index >= 15 is 0 Å². The largest absolute Gasteiger partial charge is 0.305 e. The zero-order valence-electron chi connectivity index (χ0n) is 10.6. The van der Waals surface area contributed by atoms with Crippen molar-refractivity contribution >= 4 is 22.8 Å². The van der Waals surface area contributed by atoms with Crippen LogP contribution in [-0.4, -0.2) is 23.4 Å². The molecule has 4 heteroatoms. The molecule has 0 bridgehead atoms. The van der Waals surface area contributed by atoms with Crippen LogP contribution in [0.15, 0.2) is 35.3 Å². The molecule has 3 nitrogen and oxygen atoms in total. The van der Waals surface area contributed by atoms with E-state index < -0.39 is 0 Å². The molecule has 0 spiro atoms. The van der Waals surface area contributed by atoms with Crippen LogP contribution in [0.2, 0.25) is 0 Å². The number of carbonyl (C=O) groups excluding carboxylic acids is 1. The van der Waals surface area contributed by atoms with Gasteiger partial charge in [0.25, 0.3) is 0 Å². The van der Waals surface area contributed by atoms with Crippen LogP contribution >= 0.6 is 11.8 Å². The van der Waals surface area contributed by atoms with Crippen molar-refractivity contribution in [1.29, 1.82) is 0 Å². The lowest BCUT2D eigenvalue weighted by atomic mass is 9.94. The Labute approximate surface area is 112 Å². The lowest BCUT2D eigenvalue weighted by Gasteiger charge is -2.16. The predicted octanol–water partition coefficient (Wildman–Crippen LogP) is 2.79. The Hall–Kier alpha value is -1.29. The third kappa shape index (κ3) is 3.35. The number of rotatable bonds is 4. The zero-order chi connectivity index (χ0) is 12.8. The normalized spacial score (nSPS) is 16.2. The fourth-order valence-electron chi connectivity index (χ4n) is 2.03. The van der Waals surface area contributed by atoms with Crippen LogP contribution in [-0.2, 0) is 4.79 Å². The molecule has 1 aliphatic heterocycles. The number of nitrogens with zero attached hydrogens (tertiary/aromatic N) is 1. The second kappa shape index (κ2) is 6.59. The van der Waals surface area contributed by atoms with Gasteiger partial charge in [-0.25, -0.2) is 0 Å². The fourth-order valence-corrected chi connectivity index (χ4v) is 2.76. The van der Waals surface area contributed by atoms with Gasteiger partial charge in [0.05, 0.1) is 12.5 Å². The highest BCUT2D eigenvalue weighted by Gasteiger charge is 2.21. The number of thioether (sulfide) groups is 1. The standard InChI is InChI=1S/C14H18N2OS/c1-2-6-12(11-7-4-3-5-8-11)13(17)16-14-15-9-10-18-14/h3-5,7-8,12H,2,6,9-10H2,1H3,(H,15,16,17)/t12-/m0/s1. The molecule has 96 valence electrons. The van der Waals surface area contributed by atoms with Crippen LogP contribution in [0.5, 0.6) is 0 Å². The van der Waals surface area contributed by atoms with Gasteiger partial charge < -0.3 is 5.32 Å². The Balaban J connectivity index is 2.07. The van der Waals surface area contributed by atoms with Crippen LogP contribution in [0.3, 0.4) is 0 Å². The van der Waals surface area contributed by atoms with Crippen molar-refractivity contribution in [1.82, 2.24) is 5.32 Å². The molecule has 1 atom stereocenters. The van der Waals surface area contributed by atoms with Gasteiger partial charge in [0, 0.05) is 5.75 Å². The summed E-state index contributed by atoms with van der Waals surface area (Å²) in [5.41, 5.74) is 1.08. The van der Waals surface area contributed by atoms with Gasteiger partial charge in [-0.05, 0) is 12.0 Å². The molecule has 0 saturated carbocycles. The van der Waals surface area contributed by atoms with Gasteiger partial charge >= 0.3 is 0 Å². The van der Waals surface area contributed by atoms with Gasteiger partial charge in [0.2, 0.25) is 5.91 Å². The molecule has 1 aromatic carbocycles. The molecule has 0 saturated heterocycles. The average molecular weight is 262 g/mol. The Bertz CT molecular complexity index is 431. The van der Waals surface area contributed by atoms with Crippen LogP contribution in [0.25, 0.3) is 0 Å². The van der Waals surface area contributed by atoms with E-state index in [2.05, 4.69) is 17.2 Å². The zero-order valence-corrected chi connectivity index (χ0v) is 11.4. The average Bonchev–Trinajstić information content (AvgIpc) is 2.89. The number of nitrogens with one attached hydrogen (secondary N) is 1. The van der Waals surface area contributed by atoms with Crippen LogP contribution in [0.1, 0.15) is 31.2 Å². The molecule has 0 radical (unpaired) electrons. The Morgan fingerprint density at radius 1 is 1.44 bits per heavy atom. The number of amidine groups is 1. The Kier molecular flexibility index (Phi) is 4.81. The molecule has 1 heterocycles. The van der Waals surface area contributed by atoms with Crippen LogP contribution in [0, 0.1) is 0 Å². The summed E-state index contributed by atoms with van der Waals surface area (Å²) in [6.07, 6.45) is 1.86. The number of hydrogen-bond donors (Lipinski definition) is 1. The summed E-state index contributed by atoms with van der Waals surface area (Å²) < 4.78 is 0. The van der Waals surface area contributed by atoms with E-state index in [1.54, 1.807) is 11.8 Å². The van der Waals surface area contributed by atoms with E-state index in [-0.39, 0.29) is 11.8 Å². The molecule has 0 unspecified atom stereocenters. The van der Waals surface area contributed by atoms with Crippen molar-refractivity contribution in [3.05, 3.63) is 35.9 Å². The minimum atomic E-state index is -0.0694. The van der Waals surface area contributed by atoms with E-state index in [1.165, 1.54) is 0 Å². The summed E-state index contributed by atoms with van der Waals surface area (Å²) in [5, 5.41) is 3.71. The smallest absolute Gasteiger partial charge is 0.233 e. The molecule has 1 N–H and O–H groups in total. The SMILES string of the molecule is CCC[C@H](C(=O)NC1=NCCS1)c1ccccc1. The highest BCUT2D eigenvalue weighted by molar-refractivity contribution is 8.14. The minimum Gasteiger partial charge on any atom is -0.305 e. The van der Waals surface area contributed by atoms with Crippen LogP contribution < -0.4 is 5.32 Å². The second-order valence-electron chi connectivity index (χ2n) is 4.28. The predicted molar refractivity (Wildman–Crippen MR) is 77.0 cm³/mol. The van der Waals surface area contributed by atoms with Gasteiger partial charge in [-0.2, -0.15) is 0 Å². The lowest BCUT2D eigenvalue weighted by molar-refractivity contribution is -0.121. The van der Waals surface area contributed by atoms with Gasteiger partial charge in [0.1, 0.15) is 0 Å². The number of benzene rings is 1. The third-order valence-electron chi connectivity index (χ3n) is 2.91. The van der Waals surface area contributed by atoms with Gasteiger partial charge in [0.15, 0.2) is 5.17 Å². The summed E-state index contributed by atoms with van der Waals surface area (Å²) in [4.78, 5) is 16.5. The molecular weight excluding hydrogens is 244 g/mol. The van der Waals surface area contributed by atoms with Gasteiger partial charge in [-0.15, -0.1) is 0 Å². The molecule has 1 aromatic rings. The number of hydrogen-bond acceptors (Lipinski definition) is 3. The summed E-state index contributed by atoms with van der Waals surface area (Å²) >= 11 is 1.62. The molecule has 0 aromatic heterocycles. The fraction of sp³-hybridized carbons (Fsp3) is 0.429. The maximum Gasteiger partial charge on any atom is 0.233 e. The monoisotopic (exact) mass is 262 g/mol. The van der Waals surface area contributed by atoms with E-state index in [0.29, 0.717) is 0 Å². The van der Waals surface area contributed by atoms with Crippen LogP contribution in [0.4, 0.5) is 0 Å². The van der Waals surface area contributed by atoms with Crippen molar-refractivity contribution in [3.8, 4) is 0 Å². The molecular formula is C14H18N2OS. The summed E-state index contributed by atoms with van der Waals surface area (Å²) in [5.74, 6) is 0.968. The Morgan fingerprint density at radius 3 is 2.83 bits per heavy atom. The maximum absolute atomic E-state index is 12.3. The third-order valence-corrected chi connectivity index (χ3v) is 3.80. The molecule has 1 amide bonds. The maximum atomic E-state index is 12.3. The highest BCUT2D eigenvalue weighted by atomic mass is 32.2. The van der Waals surface area contributed by atoms with Gasteiger partial charge in [-0.1, -0.05) is 55.4 Å². The first kappa shape index (κ1) is 13.1. The quantitative estimate of drug-likeness (QED) is 0.906. The van der Waals surface area contributed by atoms with E-state index in [4.69, 9.17) is 0 Å². The number of carbonyl (C=O) groups is 1. The van der Waals surface area contributed by atoms with Crippen molar-refractivity contribution in [2.45, 2.75) is 25.7 Å². The number of aliphatic imine (C=N–C) groups is 1. The summed E-state index contributed by atoms with van der Waals surface area (Å²) in [6, 6.07) is 9.97. The second-order valence-corrected chi connectivity index (χ2v) is 5.36. The van der Waals surface area contributed by atoms with Crippen molar-refractivity contribution < 1.29 is 4.79 Å². The topological polar surface area (TPSA) is 41.5 Å². The van der Waals surface area contributed by atoms with Crippen molar-refractivity contribution in [2.24, 2.45) is 4.99 Å². The van der Waals surface area contributed by atoms with Gasteiger partial charge in [-0.3, -0.25) is 9.79 Å². The highest BCUT2D eigenvalue weighted by Crippen LogP contribution is 2.22. The van der Waals surface area contributed by atoms with Crippen molar-refractivity contribution in [2.75, 3.05) is 12.3 Å². The Morgan fingerprint density at radius 2 is 2.22 bits per heavy atom. The summed E-state index contributed by atoms with van der Waals surface area (Å²) in [6.45, 7) is 2.91. The molecule has 0 aliphatic carbocycles. The first-order valence-electron chi connectivity index (χ1n) is 6.34. The molecule has 1 aliphatic rings. The van der Waals surface area contributed by atoms with E-state index in [0.717, 1.165) is 35.9 Å². The first-order chi connectivity index (χ1) is 8.81. The molecule has 2 rings (SSSR count). The minimum absolute atomic E-state index is 0.0659. The first-order valence-corrected chi connectivity index (χ1v) is 7.33.